The molecule has 1 heterocycles. The van der Waals surface area contributed by atoms with Gasteiger partial charge in [-0.05, 0) is 31.2 Å². The lowest BCUT2D eigenvalue weighted by atomic mass is 10.2. The van der Waals surface area contributed by atoms with E-state index in [9.17, 15) is 9.18 Å². The molecule has 0 saturated carbocycles. The Labute approximate surface area is 98.7 Å². The maximum absolute atomic E-state index is 12.7. The van der Waals surface area contributed by atoms with E-state index in [0.717, 1.165) is 0 Å². The van der Waals surface area contributed by atoms with Crippen molar-refractivity contribution in [2.24, 2.45) is 0 Å². The van der Waals surface area contributed by atoms with E-state index in [1.54, 1.807) is 6.92 Å². The minimum Gasteiger partial charge on any atom is -0.481 e. The van der Waals surface area contributed by atoms with Crippen molar-refractivity contribution in [2.45, 2.75) is 19.1 Å². The molecule has 0 aromatic heterocycles. The summed E-state index contributed by atoms with van der Waals surface area (Å²) in [5.74, 6) is -0.0531. The zero-order valence-electron chi connectivity index (χ0n) is 9.48. The van der Waals surface area contributed by atoms with Gasteiger partial charge < -0.3 is 14.8 Å². The average Bonchev–Trinajstić information content (AvgIpc) is 2.26. The van der Waals surface area contributed by atoms with Crippen LogP contribution >= 0.6 is 0 Å². The Morgan fingerprint density at radius 2 is 2.12 bits per heavy atom. The number of halogens is 1. The predicted molar refractivity (Wildman–Crippen MR) is 59.2 cm³/mol. The molecule has 1 saturated heterocycles. The van der Waals surface area contributed by atoms with Gasteiger partial charge in [-0.1, -0.05) is 0 Å². The third-order valence-electron chi connectivity index (χ3n) is 2.48. The van der Waals surface area contributed by atoms with Crippen LogP contribution < -0.4 is 10.1 Å². The van der Waals surface area contributed by atoms with Crippen molar-refractivity contribution >= 4 is 5.91 Å². The molecule has 1 amide bonds. The van der Waals surface area contributed by atoms with Crippen LogP contribution in [0.15, 0.2) is 24.3 Å². The Bertz CT molecular complexity index is 389. The lowest BCUT2D eigenvalue weighted by Gasteiger charge is -2.28. The zero-order chi connectivity index (χ0) is 12.3. The van der Waals surface area contributed by atoms with E-state index in [1.807, 2.05) is 0 Å². The fourth-order valence-electron chi connectivity index (χ4n) is 1.41. The fourth-order valence-corrected chi connectivity index (χ4v) is 1.41. The fraction of sp³-hybridized carbons (Fsp3) is 0.417. The number of carbonyl (C=O) groups excluding carboxylic acids is 1. The second-order valence-corrected chi connectivity index (χ2v) is 3.96. The lowest BCUT2D eigenvalue weighted by Crippen LogP contribution is -2.51. The SMILES string of the molecule is CC(Oc1ccc(F)cc1)C(=O)NC1COC1. The number of amides is 1. The molecule has 92 valence electrons. The summed E-state index contributed by atoms with van der Waals surface area (Å²) in [6.07, 6.45) is -0.610. The molecule has 0 radical (unpaired) electrons. The van der Waals surface area contributed by atoms with E-state index in [0.29, 0.717) is 19.0 Å². The number of ether oxygens (including phenoxy) is 2. The standard InChI is InChI=1S/C12H14FNO3/c1-8(12(15)14-10-6-16-7-10)17-11-4-2-9(13)3-5-11/h2-5,8,10H,6-7H2,1H3,(H,14,15). The normalized spacial score (nSPS) is 17.1. The van der Waals surface area contributed by atoms with Gasteiger partial charge in [-0.3, -0.25) is 4.79 Å². The van der Waals surface area contributed by atoms with Gasteiger partial charge in [0.2, 0.25) is 0 Å². The van der Waals surface area contributed by atoms with Crippen LogP contribution in [0.2, 0.25) is 0 Å². The van der Waals surface area contributed by atoms with E-state index in [1.165, 1.54) is 24.3 Å². The van der Waals surface area contributed by atoms with Crippen LogP contribution in [0.1, 0.15) is 6.92 Å². The average molecular weight is 239 g/mol. The van der Waals surface area contributed by atoms with Crippen LogP contribution in [-0.2, 0) is 9.53 Å². The van der Waals surface area contributed by atoms with Crippen LogP contribution in [-0.4, -0.2) is 31.3 Å². The summed E-state index contributed by atoms with van der Waals surface area (Å²) in [6, 6.07) is 5.65. The molecule has 4 nitrogen and oxygen atoms in total. The molecular formula is C12H14FNO3. The Balaban J connectivity index is 1.84. The van der Waals surface area contributed by atoms with E-state index in [2.05, 4.69) is 5.32 Å². The predicted octanol–water partition coefficient (Wildman–Crippen LogP) is 1.11. The minimum absolute atomic E-state index is 0.0850. The molecule has 1 aliphatic rings. The summed E-state index contributed by atoms with van der Waals surface area (Å²) in [4.78, 5) is 11.7. The third-order valence-corrected chi connectivity index (χ3v) is 2.48. The highest BCUT2D eigenvalue weighted by Crippen LogP contribution is 2.13. The van der Waals surface area contributed by atoms with Crippen LogP contribution in [0.5, 0.6) is 5.75 Å². The van der Waals surface area contributed by atoms with Gasteiger partial charge in [0.05, 0.1) is 19.3 Å². The quantitative estimate of drug-likeness (QED) is 0.856. The maximum atomic E-state index is 12.7. The van der Waals surface area contributed by atoms with E-state index in [4.69, 9.17) is 9.47 Å². The molecule has 1 atom stereocenters. The van der Waals surface area contributed by atoms with Gasteiger partial charge in [0.25, 0.3) is 5.91 Å². The van der Waals surface area contributed by atoms with Crippen LogP contribution in [0.3, 0.4) is 0 Å². The molecular weight excluding hydrogens is 225 g/mol. The molecule has 1 aliphatic heterocycles. The number of hydrogen-bond donors (Lipinski definition) is 1. The van der Waals surface area contributed by atoms with Crippen molar-refractivity contribution in [3.8, 4) is 5.75 Å². The van der Waals surface area contributed by atoms with Gasteiger partial charge in [-0.2, -0.15) is 0 Å². The smallest absolute Gasteiger partial charge is 0.261 e. The van der Waals surface area contributed by atoms with E-state index < -0.39 is 6.10 Å². The van der Waals surface area contributed by atoms with Crippen molar-refractivity contribution in [3.63, 3.8) is 0 Å². The molecule has 1 unspecified atom stereocenters. The monoisotopic (exact) mass is 239 g/mol. The molecule has 5 heteroatoms. The number of rotatable bonds is 4. The second-order valence-electron chi connectivity index (χ2n) is 3.96. The number of hydrogen-bond acceptors (Lipinski definition) is 3. The molecule has 1 aromatic rings. The first-order valence-corrected chi connectivity index (χ1v) is 5.45. The number of benzene rings is 1. The van der Waals surface area contributed by atoms with Gasteiger partial charge in [0.15, 0.2) is 6.10 Å². The Kier molecular flexibility index (Phi) is 3.58. The summed E-state index contributed by atoms with van der Waals surface area (Å²) in [7, 11) is 0. The molecule has 0 spiro atoms. The minimum atomic E-state index is -0.610. The van der Waals surface area contributed by atoms with Gasteiger partial charge in [-0.25, -0.2) is 4.39 Å². The van der Waals surface area contributed by atoms with E-state index in [-0.39, 0.29) is 17.8 Å². The van der Waals surface area contributed by atoms with Gasteiger partial charge in [-0.15, -0.1) is 0 Å². The van der Waals surface area contributed by atoms with Crippen molar-refractivity contribution in [1.29, 1.82) is 0 Å². The van der Waals surface area contributed by atoms with Crippen molar-refractivity contribution in [2.75, 3.05) is 13.2 Å². The Morgan fingerprint density at radius 3 is 2.65 bits per heavy atom. The molecule has 0 aliphatic carbocycles. The van der Waals surface area contributed by atoms with E-state index >= 15 is 0 Å². The van der Waals surface area contributed by atoms with Gasteiger partial charge in [0.1, 0.15) is 11.6 Å². The highest BCUT2D eigenvalue weighted by atomic mass is 19.1. The molecule has 2 rings (SSSR count). The molecule has 1 fully saturated rings. The third kappa shape index (κ3) is 3.17. The topological polar surface area (TPSA) is 47.6 Å². The summed E-state index contributed by atoms with van der Waals surface area (Å²) in [5, 5.41) is 2.78. The van der Waals surface area contributed by atoms with Crippen LogP contribution in [0.4, 0.5) is 4.39 Å². The van der Waals surface area contributed by atoms with Gasteiger partial charge >= 0.3 is 0 Å². The van der Waals surface area contributed by atoms with Crippen molar-refractivity contribution < 1.29 is 18.7 Å². The Morgan fingerprint density at radius 1 is 1.47 bits per heavy atom. The maximum Gasteiger partial charge on any atom is 0.261 e. The summed E-state index contributed by atoms with van der Waals surface area (Å²) in [5.41, 5.74) is 0. The summed E-state index contributed by atoms with van der Waals surface area (Å²) >= 11 is 0. The largest absolute Gasteiger partial charge is 0.481 e. The summed E-state index contributed by atoms with van der Waals surface area (Å²) < 4.78 is 23.0. The first kappa shape index (κ1) is 11.9. The summed E-state index contributed by atoms with van der Waals surface area (Å²) in [6.45, 7) is 2.75. The highest BCUT2D eigenvalue weighted by molar-refractivity contribution is 5.81. The number of nitrogens with one attached hydrogen (secondary N) is 1. The molecule has 0 bridgehead atoms. The number of carbonyl (C=O) groups is 1. The molecule has 1 aromatic carbocycles. The van der Waals surface area contributed by atoms with Crippen molar-refractivity contribution in [3.05, 3.63) is 30.1 Å². The van der Waals surface area contributed by atoms with Crippen LogP contribution in [0.25, 0.3) is 0 Å². The first-order chi connectivity index (χ1) is 8.15. The van der Waals surface area contributed by atoms with Crippen LogP contribution in [0, 0.1) is 5.82 Å². The molecule has 1 N–H and O–H groups in total. The highest BCUT2D eigenvalue weighted by Gasteiger charge is 2.23. The van der Waals surface area contributed by atoms with Gasteiger partial charge in [0, 0.05) is 0 Å². The zero-order valence-corrected chi connectivity index (χ0v) is 9.48. The molecule has 17 heavy (non-hydrogen) atoms. The Hall–Kier alpha value is -1.62. The first-order valence-electron chi connectivity index (χ1n) is 5.45. The van der Waals surface area contributed by atoms with Crippen molar-refractivity contribution in [1.82, 2.24) is 5.32 Å². The lowest BCUT2D eigenvalue weighted by molar-refractivity contribution is -0.131. The second kappa shape index (κ2) is 5.14.